The summed E-state index contributed by atoms with van der Waals surface area (Å²) < 4.78 is 5.05. The largest absolute Gasteiger partial charge is 0.481 e. The Hall–Kier alpha value is -2.08. The van der Waals surface area contributed by atoms with Gasteiger partial charge in [0, 0.05) is 19.6 Å². The van der Waals surface area contributed by atoms with Crippen molar-refractivity contribution in [1.82, 2.24) is 10.2 Å². The number of nitrogens with one attached hydrogen (secondary N) is 1. The summed E-state index contributed by atoms with van der Waals surface area (Å²) in [5.41, 5.74) is 0.932. The number of benzene rings is 1. The standard InChI is InChI=1S/C14H20N2O4/c1-16(9-7-13(17)18)10-8-15-14(19)20-11-12-5-3-2-4-6-12/h2-6H,7-11H2,1H3,(H,15,19)(H,17,18). The van der Waals surface area contributed by atoms with Crippen LogP contribution in [0.1, 0.15) is 12.0 Å². The predicted octanol–water partition coefficient (Wildman–Crippen LogP) is 1.32. The molecule has 110 valence electrons. The van der Waals surface area contributed by atoms with Gasteiger partial charge < -0.3 is 20.1 Å². The van der Waals surface area contributed by atoms with E-state index in [4.69, 9.17) is 9.84 Å². The van der Waals surface area contributed by atoms with E-state index >= 15 is 0 Å². The van der Waals surface area contributed by atoms with Crippen LogP contribution < -0.4 is 5.32 Å². The molecule has 0 bridgehead atoms. The van der Waals surface area contributed by atoms with Crippen molar-refractivity contribution in [3.63, 3.8) is 0 Å². The van der Waals surface area contributed by atoms with E-state index in [1.54, 1.807) is 7.05 Å². The highest BCUT2D eigenvalue weighted by molar-refractivity contribution is 5.67. The number of aliphatic carboxylic acids is 1. The van der Waals surface area contributed by atoms with Gasteiger partial charge in [0.2, 0.25) is 0 Å². The molecule has 0 radical (unpaired) electrons. The maximum atomic E-state index is 11.4. The molecule has 0 atom stereocenters. The molecule has 6 heteroatoms. The summed E-state index contributed by atoms with van der Waals surface area (Å²) in [6.07, 6.45) is -0.380. The summed E-state index contributed by atoms with van der Waals surface area (Å²) in [6.45, 7) is 1.69. The van der Waals surface area contributed by atoms with Crippen molar-refractivity contribution >= 4 is 12.1 Å². The number of amides is 1. The van der Waals surface area contributed by atoms with E-state index < -0.39 is 12.1 Å². The normalized spacial score (nSPS) is 10.3. The second-order valence-electron chi connectivity index (χ2n) is 4.44. The number of carbonyl (C=O) groups excluding carboxylic acids is 1. The van der Waals surface area contributed by atoms with Gasteiger partial charge >= 0.3 is 12.1 Å². The number of nitrogens with zero attached hydrogens (tertiary/aromatic N) is 1. The lowest BCUT2D eigenvalue weighted by atomic mass is 10.2. The zero-order valence-corrected chi connectivity index (χ0v) is 11.5. The van der Waals surface area contributed by atoms with E-state index in [0.717, 1.165) is 5.56 Å². The zero-order chi connectivity index (χ0) is 14.8. The first-order chi connectivity index (χ1) is 9.58. The summed E-state index contributed by atoms with van der Waals surface area (Å²) in [6, 6.07) is 9.43. The first kappa shape index (κ1) is 16.0. The highest BCUT2D eigenvalue weighted by Gasteiger charge is 2.05. The maximum Gasteiger partial charge on any atom is 0.407 e. The van der Waals surface area contributed by atoms with Gasteiger partial charge in [-0.2, -0.15) is 0 Å². The van der Waals surface area contributed by atoms with Crippen molar-refractivity contribution in [2.24, 2.45) is 0 Å². The lowest BCUT2D eigenvalue weighted by Gasteiger charge is -2.15. The molecule has 20 heavy (non-hydrogen) atoms. The smallest absolute Gasteiger partial charge is 0.407 e. The minimum atomic E-state index is -0.827. The summed E-state index contributed by atoms with van der Waals surface area (Å²) in [7, 11) is 1.81. The summed E-state index contributed by atoms with van der Waals surface area (Å²) in [4.78, 5) is 23.6. The van der Waals surface area contributed by atoms with Crippen LogP contribution >= 0.6 is 0 Å². The van der Waals surface area contributed by atoms with Crippen molar-refractivity contribution in [3.8, 4) is 0 Å². The molecule has 0 fully saturated rings. The van der Waals surface area contributed by atoms with Gasteiger partial charge in [0.25, 0.3) is 0 Å². The molecular weight excluding hydrogens is 260 g/mol. The maximum absolute atomic E-state index is 11.4. The summed E-state index contributed by atoms with van der Waals surface area (Å²) >= 11 is 0. The SMILES string of the molecule is CN(CCNC(=O)OCc1ccccc1)CCC(=O)O. The topological polar surface area (TPSA) is 78.9 Å². The van der Waals surface area contributed by atoms with Gasteiger partial charge in [-0.05, 0) is 12.6 Å². The van der Waals surface area contributed by atoms with Gasteiger partial charge in [0.1, 0.15) is 6.61 Å². The van der Waals surface area contributed by atoms with Gasteiger partial charge in [-0.25, -0.2) is 4.79 Å². The number of carboxylic acid groups (broad SMARTS) is 1. The second-order valence-corrected chi connectivity index (χ2v) is 4.44. The Bertz CT molecular complexity index is 422. The van der Waals surface area contributed by atoms with Crippen LogP contribution in [0.25, 0.3) is 0 Å². The highest BCUT2D eigenvalue weighted by atomic mass is 16.5. The average molecular weight is 280 g/mol. The molecule has 0 unspecified atom stereocenters. The molecule has 6 nitrogen and oxygen atoms in total. The number of carboxylic acids is 1. The molecule has 0 saturated carbocycles. The fourth-order valence-electron chi connectivity index (χ4n) is 1.52. The lowest BCUT2D eigenvalue weighted by molar-refractivity contribution is -0.137. The third-order valence-corrected chi connectivity index (χ3v) is 2.68. The quantitative estimate of drug-likeness (QED) is 0.751. The average Bonchev–Trinajstić information content (AvgIpc) is 2.44. The molecule has 0 aliphatic heterocycles. The van der Waals surface area contributed by atoms with Gasteiger partial charge in [0.05, 0.1) is 6.42 Å². The Morgan fingerprint density at radius 1 is 1.25 bits per heavy atom. The third kappa shape index (κ3) is 7.38. The van der Waals surface area contributed by atoms with Crippen molar-refractivity contribution in [2.75, 3.05) is 26.7 Å². The van der Waals surface area contributed by atoms with Crippen LogP contribution in [0.4, 0.5) is 4.79 Å². The molecule has 0 spiro atoms. The Morgan fingerprint density at radius 2 is 1.95 bits per heavy atom. The van der Waals surface area contributed by atoms with Crippen molar-refractivity contribution in [3.05, 3.63) is 35.9 Å². The van der Waals surface area contributed by atoms with Gasteiger partial charge in [-0.1, -0.05) is 30.3 Å². The Morgan fingerprint density at radius 3 is 2.60 bits per heavy atom. The van der Waals surface area contributed by atoms with E-state index in [0.29, 0.717) is 19.6 Å². The molecular formula is C14H20N2O4. The summed E-state index contributed by atoms with van der Waals surface area (Å²) in [5.74, 6) is -0.827. The van der Waals surface area contributed by atoms with E-state index in [2.05, 4.69) is 5.32 Å². The molecule has 2 N–H and O–H groups in total. The Balaban J connectivity index is 2.09. The lowest BCUT2D eigenvalue weighted by Crippen LogP contribution is -2.34. The summed E-state index contributed by atoms with van der Waals surface area (Å²) in [5, 5.41) is 11.2. The molecule has 0 aliphatic carbocycles. The van der Waals surface area contributed by atoms with E-state index in [1.807, 2.05) is 35.2 Å². The molecule has 0 aromatic heterocycles. The first-order valence-corrected chi connectivity index (χ1v) is 6.43. The van der Waals surface area contributed by atoms with Crippen molar-refractivity contribution in [1.29, 1.82) is 0 Å². The fraction of sp³-hybridized carbons (Fsp3) is 0.429. The third-order valence-electron chi connectivity index (χ3n) is 2.68. The number of carbonyl (C=O) groups is 2. The molecule has 1 amide bonds. The molecule has 1 rings (SSSR count). The van der Waals surface area contributed by atoms with Crippen LogP contribution in [0.15, 0.2) is 30.3 Å². The van der Waals surface area contributed by atoms with Gasteiger partial charge in [-0.3, -0.25) is 4.79 Å². The number of hydrogen-bond donors (Lipinski definition) is 2. The number of likely N-dealkylation sites (N-methyl/N-ethyl adjacent to an activating group) is 1. The monoisotopic (exact) mass is 280 g/mol. The Kier molecular flexibility index (Phi) is 7.13. The highest BCUT2D eigenvalue weighted by Crippen LogP contribution is 2.00. The second kappa shape index (κ2) is 8.92. The molecule has 0 heterocycles. The fourth-order valence-corrected chi connectivity index (χ4v) is 1.52. The zero-order valence-electron chi connectivity index (χ0n) is 11.5. The van der Waals surface area contributed by atoms with Crippen LogP contribution in [0.2, 0.25) is 0 Å². The van der Waals surface area contributed by atoms with E-state index in [1.165, 1.54) is 0 Å². The first-order valence-electron chi connectivity index (χ1n) is 6.43. The van der Waals surface area contributed by atoms with Crippen LogP contribution in [0.3, 0.4) is 0 Å². The molecule has 0 saturated heterocycles. The minimum absolute atomic E-state index is 0.0922. The minimum Gasteiger partial charge on any atom is -0.481 e. The predicted molar refractivity (Wildman–Crippen MR) is 74.4 cm³/mol. The van der Waals surface area contributed by atoms with Crippen molar-refractivity contribution in [2.45, 2.75) is 13.0 Å². The number of hydrogen-bond acceptors (Lipinski definition) is 4. The van der Waals surface area contributed by atoms with Crippen LogP contribution in [0, 0.1) is 0 Å². The van der Waals surface area contributed by atoms with Crippen LogP contribution in [-0.2, 0) is 16.1 Å². The van der Waals surface area contributed by atoms with Gasteiger partial charge in [0.15, 0.2) is 0 Å². The van der Waals surface area contributed by atoms with Crippen LogP contribution in [0.5, 0.6) is 0 Å². The Labute approximate surface area is 118 Å². The molecule has 1 aromatic rings. The van der Waals surface area contributed by atoms with Crippen LogP contribution in [-0.4, -0.2) is 48.8 Å². The van der Waals surface area contributed by atoms with E-state index in [-0.39, 0.29) is 13.0 Å². The molecule has 1 aromatic carbocycles. The number of ether oxygens (including phenoxy) is 1. The van der Waals surface area contributed by atoms with Crippen molar-refractivity contribution < 1.29 is 19.4 Å². The number of alkyl carbamates (subject to hydrolysis) is 1. The van der Waals surface area contributed by atoms with E-state index in [9.17, 15) is 9.59 Å². The number of rotatable bonds is 8. The molecule has 0 aliphatic rings. The van der Waals surface area contributed by atoms with Gasteiger partial charge in [-0.15, -0.1) is 0 Å².